The SMILES string of the molecule is O=C(COc1ccc2ccccc2c1)NCc1cccnc1-n1cccn1. The summed E-state index contributed by atoms with van der Waals surface area (Å²) in [5.41, 5.74) is 0.875. The number of pyridine rings is 1. The van der Waals surface area contributed by atoms with Crippen molar-refractivity contribution in [3.8, 4) is 11.6 Å². The molecule has 0 bridgehead atoms. The summed E-state index contributed by atoms with van der Waals surface area (Å²) in [6, 6.07) is 19.4. The maximum absolute atomic E-state index is 12.2. The molecule has 0 saturated carbocycles. The number of amides is 1. The minimum Gasteiger partial charge on any atom is -0.484 e. The Kier molecular flexibility index (Phi) is 4.78. The van der Waals surface area contributed by atoms with Crippen LogP contribution in [-0.4, -0.2) is 27.3 Å². The third-order valence-corrected chi connectivity index (χ3v) is 4.16. The number of ether oxygens (including phenoxy) is 1. The Morgan fingerprint density at radius 2 is 1.89 bits per heavy atom. The molecule has 0 radical (unpaired) electrons. The second kappa shape index (κ2) is 7.70. The van der Waals surface area contributed by atoms with Gasteiger partial charge < -0.3 is 10.1 Å². The normalized spacial score (nSPS) is 10.7. The van der Waals surface area contributed by atoms with Gasteiger partial charge >= 0.3 is 0 Å². The van der Waals surface area contributed by atoms with Crippen LogP contribution in [0, 0.1) is 0 Å². The summed E-state index contributed by atoms with van der Waals surface area (Å²) in [6.07, 6.45) is 5.20. The van der Waals surface area contributed by atoms with E-state index in [0.717, 1.165) is 16.3 Å². The lowest BCUT2D eigenvalue weighted by molar-refractivity contribution is -0.123. The van der Waals surface area contributed by atoms with E-state index in [1.807, 2.05) is 66.9 Å². The van der Waals surface area contributed by atoms with Crippen LogP contribution < -0.4 is 10.1 Å². The Morgan fingerprint density at radius 1 is 1.00 bits per heavy atom. The Balaban J connectivity index is 1.36. The fourth-order valence-electron chi connectivity index (χ4n) is 2.82. The molecule has 6 heteroatoms. The maximum Gasteiger partial charge on any atom is 0.258 e. The molecule has 0 spiro atoms. The van der Waals surface area contributed by atoms with Gasteiger partial charge in [-0.1, -0.05) is 36.4 Å². The van der Waals surface area contributed by atoms with Crippen LogP contribution in [0.3, 0.4) is 0 Å². The zero-order chi connectivity index (χ0) is 18.5. The van der Waals surface area contributed by atoms with Gasteiger partial charge in [0.15, 0.2) is 12.4 Å². The molecular formula is C21H18N4O2. The van der Waals surface area contributed by atoms with Crippen molar-refractivity contribution in [1.82, 2.24) is 20.1 Å². The molecule has 0 aliphatic carbocycles. The van der Waals surface area contributed by atoms with Gasteiger partial charge in [-0.15, -0.1) is 0 Å². The Bertz CT molecular complexity index is 1060. The van der Waals surface area contributed by atoms with E-state index in [-0.39, 0.29) is 12.5 Å². The van der Waals surface area contributed by atoms with Crippen molar-refractivity contribution in [3.05, 3.63) is 84.8 Å². The molecule has 0 saturated heterocycles. The average Bonchev–Trinajstić information content (AvgIpc) is 3.25. The van der Waals surface area contributed by atoms with Crippen LogP contribution in [0.15, 0.2) is 79.3 Å². The van der Waals surface area contributed by atoms with E-state index < -0.39 is 0 Å². The molecule has 6 nitrogen and oxygen atoms in total. The largest absolute Gasteiger partial charge is 0.484 e. The molecule has 4 aromatic rings. The van der Waals surface area contributed by atoms with Gasteiger partial charge in [-0.2, -0.15) is 5.10 Å². The van der Waals surface area contributed by atoms with Crippen LogP contribution >= 0.6 is 0 Å². The van der Waals surface area contributed by atoms with Gasteiger partial charge in [-0.3, -0.25) is 4.79 Å². The fourth-order valence-corrected chi connectivity index (χ4v) is 2.82. The highest BCUT2D eigenvalue weighted by Crippen LogP contribution is 2.20. The second-order valence-electron chi connectivity index (χ2n) is 6.01. The second-order valence-corrected chi connectivity index (χ2v) is 6.01. The number of aromatic nitrogens is 3. The number of nitrogens with zero attached hydrogens (tertiary/aromatic N) is 3. The Morgan fingerprint density at radius 3 is 2.74 bits per heavy atom. The van der Waals surface area contributed by atoms with E-state index in [9.17, 15) is 4.79 Å². The van der Waals surface area contributed by atoms with Crippen LogP contribution in [0.25, 0.3) is 16.6 Å². The van der Waals surface area contributed by atoms with Gasteiger partial charge in [0.1, 0.15) is 5.75 Å². The van der Waals surface area contributed by atoms with Crippen molar-refractivity contribution < 1.29 is 9.53 Å². The molecule has 2 aromatic heterocycles. The van der Waals surface area contributed by atoms with Gasteiger partial charge in [0.2, 0.25) is 0 Å². The summed E-state index contributed by atoms with van der Waals surface area (Å²) >= 11 is 0. The molecule has 0 unspecified atom stereocenters. The van der Waals surface area contributed by atoms with Crippen molar-refractivity contribution in [1.29, 1.82) is 0 Å². The summed E-state index contributed by atoms with van der Waals surface area (Å²) in [6.45, 7) is 0.304. The van der Waals surface area contributed by atoms with E-state index in [1.165, 1.54) is 0 Å². The number of nitrogens with one attached hydrogen (secondary N) is 1. The monoisotopic (exact) mass is 358 g/mol. The molecule has 134 valence electrons. The molecule has 27 heavy (non-hydrogen) atoms. The highest BCUT2D eigenvalue weighted by Gasteiger charge is 2.08. The average molecular weight is 358 g/mol. The first-order valence-electron chi connectivity index (χ1n) is 8.62. The van der Waals surface area contributed by atoms with Gasteiger partial charge in [0.05, 0.1) is 0 Å². The number of fused-ring (bicyclic) bond motifs is 1. The first-order chi connectivity index (χ1) is 13.3. The third-order valence-electron chi connectivity index (χ3n) is 4.16. The van der Waals surface area contributed by atoms with Gasteiger partial charge in [0.25, 0.3) is 5.91 Å². The predicted octanol–water partition coefficient (Wildman–Crippen LogP) is 3.12. The molecule has 2 heterocycles. The van der Waals surface area contributed by atoms with Crippen LogP contribution in [-0.2, 0) is 11.3 Å². The number of hydrogen-bond donors (Lipinski definition) is 1. The quantitative estimate of drug-likeness (QED) is 0.575. The van der Waals surface area contributed by atoms with Crippen molar-refractivity contribution >= 4 is 16.7 Å². The van der Waals surface area contributed by atoms with Crippen molar-refractivity contribution in [3.63, 3.8) is 0 Å². The lowest BCUT2D eigenvalue weighted by Crippen LogP contribution is -2.29. The molecular weight excluding hydrogens is 340 g/mol. The van der Waals surface area contributed by atoms with E-state index in [0.29, 0.717) is 18.1 Å². The molecule has 2 aromatic carbocycles. The fraction of sp³-hybridized carbons (Fsp3) is 0.0952. The maximum atomic E-state index is 12.2. The molecule has 1 N–H and O–H groups in total. The molecule has 1 amide bonds. The van der Waals surface area contributed by atoms with E-state index >= 15 is 0 Å². The van der Waals surface area contributed by atoms with E-state index in [2.05, 4.69) is 15.4 Å². The predicted molar refractivity (Wildman–Crippen MR) is 103 cm³/mol. The van der Waals surface area contributed by atoms with Crippen molar-refractivity contribution in [2.45, 2.75) is 6.54 Å². The van der Waals surface area contributed by atoms with Gasteiger partial charge in [-0.05, 0) is 35.0 Å². The number of carbonyl (C=O) groups is 1. The summed E-state index contributed by atoms with van der Waals surface area (Å²) < 4.78 is 7.30. The molecule has 0 aliphatic heterocycles. The van der Waals surface area contributed by atoms with E-state index in [1.54, 1.807) is 17.1 Å². The molecule has 0 aliphatic rings. The van der Waals surface area contributed by atoms with Crippen LogP contribution in [0.1, 0.15) is 5.56 Å². The minimum atomic E-state index is -0.196. The summed E-state index contributed by atoms with van der Waals surface area (Å²) in [7, 11) is 0. The van der Waals surface area contributed by atoms with Gasteiger partial charge in [-0.25, -0.2) is 9.67 Å². The smallest absolute Gasteiger partial charge is 0.258 e. The summed E-state index contributed by atoms with van der Waals surface area (Å²) in [5.74, 6) is 1.17. The number of benzene rings is 2. The van der Waals surface area contributed by atoms with Crippen LogP contribution in [0.5, 0.6) is 5.75 Å². The highest BCUT2D eigenvalue weighted by atomic mass is 16.5. The van der Waals surface area contributed by atoms with Crippen LogP contribution in [0.4, 0.5) is 0 Å². The topological polar surface area (TPSA) is 69.0 Å². The van der Waals surface area contributed by atoms with E-state index in [4.69, 9.17) is 4.74 Å². The summed E-state index contributed by atoms with van der Waals surface area (Å²) in [4.78, 5) is 16.5. The first-order valence-corrected chi connectivity index (χ1v) is 8.62. The molecule has 4 rings (SSSR count). The number of hydrogen-bond acceptors (Lipinski definition) is 4. The minimum absolute atomic E-state index is 0.0459. The molecule has 0 atom stereocenters. The third kappa shape index (κ3) is 3.95. The summed E-state index contributed by atoms with van der Waals surface area (Å²) in [5, 5.41) is 9.27. The Labute approximate surface area is 156 Å². The highest BCUT2D eigenvalue weighted by molar-refractivity contribution is 5.84. The number of carbonyl (C=O) groups excluding carboxylic acids is 1. The molecule has 0 fully saturated rings. The van der Waals surface area contributed by atoms with Gasteiger partial charge in [0, 0.05) is 30.7 Å². The van der Waals surface area contributed by atoms with Crippen molar-refractivity contribution in [2.75, 3.05) is 6.61 Å². The lowest BCUT2D eigenvalue weighted by atomic mass is 10.1. The first kappa shape index (κ1) is 16.8. The zero-order valence-corrected chi connectivity index (χ0v) is 14.6. The Hall–Kier alpha value is -3.67. The number of rotatable bonds is 6. The lowest BCUT2D eigenvalue weighted by Gasteiger charge is -2.11. The zero-order valence-electron chi connectivity index (χ0n) is 14.6. The van der Waals surface area contributed by atoms with Crippen molar-refractivity contribution in [2.24, 2.45) is 0 Å². The van der Waals surface area contributed by atoms with Crippen LogP contribution in [0.2, 0.25) is 0 Å². The standard InChI is InChI=1S/C21H18N4O2/c26-20(15-27-19-9-8-16-5-1-2-6-17(16)13-19)23-14-18-7-3-10-22-21(18)25-12-4-11-24-25/h1-13H,14-15H2,(H,23,26).